The van der Waals surface area contributed by atoms with E-state index in [1.165, 1.54) is 33.8 Å². The Kier molecular flexibility index (Phi) is 9.12. The molecule has 2 bridgehead atoms. The minimum Gasteiger partial charge on any atom is -0.489 e. The third-order valence-electron chi connectivity index (χ3n) is 10.7. The van der Waals surface area contributed by atoms with Gasteiger partial charge in [-0.3, -0.25) is 19.0 Å². The highest BCUT2D eigenvalue weighted by molar-refractivity contribution is 7.92. The van der Waals surface area contributed by atoms with Gasteiger partial charge < -0.3 is 14.4 Å². The van der Waals surface area contributed by atoms with Gasteiger partial charge in [-0.15, -0.1) is 4.36 Å². The van der Waals surface area contributed by atoms with Crippen molar-refractivity contribution in [2.45, 2.75) is 63.9 Å². The average Bonchev–Trinajstić information content (AvgIpc) is 3.43. The number of hydrogen-bond donors (Lipinski definition) is 1. The molecular formula is C37H46N6O5S. The number of aromatic nitrogens is 3. The molecule has 1 N–H and O–H groups in total. The van der Waals surface area contributed by atoms with Crippen molar-refractivity contribution in [1.82, 2.24) is 19.5 Å². The zero-order chi connectivity index (χ0) is 34.3. The normalized spacial score (nSPS) is 30.5. The molecule has 12 heteroatoms. The zero-order valence-corrected chi connectivity index (χ0v) is 29.6. The number of fused-ring (bicyclic) bond motifs is 4. The molecule has 2 aliphatic heterocycles. The van der Waals surface area contributed by atoms with E-state index in [-0.39, 0.29) is 34.4 Å². The number of nitrogens with zero attached hydrogens (tertiary/aromatic N) is 5. The van der Waals surface area contributed by atoms with Gasteiger partial charge in [0.2, 0.25) is 0 Å². The van der Waals surface area contributed by atoms with E-state index in [2.05, 4.69) is 56.4 Å². The molecule has 49 heavy (non-hydrogen) atoms. The molecule has 0 radical (unpaired) electrons. The largest absolute Gasteiger partial charge is 0.489 e. The number of amides is 2. The Hall–Kier alpha value is -4.03. The average molecular weight is 687 g/mol. The predicted molar refractivity (Wildman–Crippen MR) is 188 cm³/mol. The van der Waals surface area contributed by atoms with Crippen molar-refractivity contribution in [3.8, 4) is 5.75 Å². The molecule has 1 aromatic carbocycles. The van der Waals surface area contributed by atoms with Gasteiger partial charge in [-0.2, -0.15) is 5.10 Å². The molecule has 4 aliphatic rings. The van der Waals surface area contributed by atoms with Gasteiger partial charge in [0.1, 0.15) is 15.6 Å². The number of benzene rings is 1. The van der Waals surface area contributed by atoms with Crippen LogP contribution in [-0.2, 0) is 33.5 Å². The summed E-state index contributed by atoms with van der Waals surface area (Å²) in [5.74, 6) is 0.399. The molecule has 11 nitrogen and oxygen atoms in total. The fraction of sp³-hybridized carbons (Fsp3) is 0.514. The van der Waals surface area contributed by atoms with Crippen LogP contribution in [0.15, 0.2) is 59.2 Å². The van der Waals surface area contributed by atoms with Crippen LogP contribution in [0.5, 0.6) is 5.75 Å². The maximum Gasteiger partial charge on any atom is 0.305 e. The maximum absolute atomic E-state index is 14.4. The molecule has 2 aliphatic carbocycles. The van der Waals surface area contributed by atoms with Crippen molar-refractivity contribution in [3.05, 3.63) is 82.8 Å². The molecular weight excluding hydrogens is 641 g/mol. The Morgan fingerprint density at radius 1 is 1.20 bits per heavy atom. The van der Waals surface area contributed by atoms with Crippen molar-refractivity contribution in [2.75, 3.05) is 37.5 Å². The van der Waals surface area contributed by atoms with Crippen molar-refractivity contribution in [2.24, 2.45) is 29.2 Å². The maximum atomic E-state index is 14.4. The van der Waals surface area contributed by atoms with Crippen LogP contribution >= 0.6 is 0 Å². The van der Waals surface area contributed by atoms with Crippen LogP contribution in [0.3, 0.4) is 0 Å². The van der Waals surface area contributed by atoms with E-state index in [0.29, 0.717) is 43.0 Å². The van der Waals surface area contributed by atoms with Crippen molar-refractivity contribution in [1.29, 1.82) is 0 Å². The van der Waals surface area contributed by atoms with E-state index in [0.717, 1.165) is 38.6 Å². The summed E-state index contributed by atoms with van der Waals surface area (Å²) in [6.45, 7) is 6.03. The number of rotatable bonds is 3. The number of carbonyl (C=O) groups excluding carboxylic acids is 2. The molecule has 3 aromatic rings. The van der Waals surface area contributed by atoms with Gasteiger partial charge >= 0.3 is 5.91 Å². The minimum atomic E-state index is -3.54. The molecule has 260 valence electrons. The Labute approximate surface area is 288 Å². The Balaban J connectivity index is 1.31. The number of methoxy groups -OCH3 is 1. The molecule has 1 fully saturated rings. The molecule has 2 amide bonds. The SMILES string of the molecule is CO[C@H]1/C=C/C[C@H](C)C[S@@](=O)(NC(=O)c2cnn(C)c2)=NC(=O)c2ccc3c(n2)N(C[C@@H]2CC[C@H]21)C[C@@]1(CCCc2cc(C)ccc21)CO3. The van der Waals surface area contributed by atoms with Crippen LogP contribution in [0.4, 0.5) is 5.82 Å². The van der Waals surface area contributed by atoms with Crippen LogP contribution in [0.1, 0.15) is 76.6 Å². The second-order valence-corrected chi connectivity index (χ2v) is 16.5. The first-order valence-electron chi connectivity index (χ1n) is 17.3. The number of ether oxygens (including phenoxy) is 2. The lowest BCUT2D eigenvalue weighted by molar-refractivity contribution is 0.0131. The second-order valence-electron chi connectivity index (χ2n) is 14.5. The first-order valence-corrected chi connectivity index (χ1v) is 19.0. The summed E-state index contributed by atoms with van der Waals surface area (Å²) in [6.07, 6.45) is 12.9. The van der Waals surface area contributed by atoms with Crippen LogP contribution in [0, 0.1) is 24.7 Å². The summed E-state index contributed by atoms with van der Waals surface area (Å²) in [6, 6.07) is 10.2. The van der Waals surface area contributed by atoms with Crippen LogP contribution in [0.25, 0.3) is 0 Å². The van der Waals surface area contributed by atoms with Gasteiger partial charge in [-0.25, -0.2) is 9.19 Å². The van der Waals surface area contributed by atoms with Crippen LogP contribution < -0.4 is 14.4 Å². The first kappa shape index (κ1) is 33.5. The molecule has 0 saturated heterocycles. The summed E-state index contributed by atoms with van der Waals surface area (Å²) >= 11 is 0. The Morgan fingerprint density at radius 2 is 2.06 bits per heavy atom. The number of anilines is 1. The highest BCUT2D eigenvalue weighted by Crippen LogP contribution is 2.46. The number of carbonyl (C=O) groups is 2. The highest BCUT2D eigenvalue weighted by atomic mass is 32.2. The quantitative estimate of drug-likeness (QED) is 0.373. The lowest BCUT2D eigenvalue weighted by atomic mass is 9.68. The topological polar surface area (TPSA) is 128 Å². The van der Waals surface area contributed by atoms with E-state index in [1.54, 1.807) is 26.3 Å². The summed E-state index contributed by atoms with van der Waals surface area (Å²) in [7, 11) is -0.0906. The lowest BCUT2D eigenvalue weighted by Crippen LogP contribution is -2.49. The van der Waals surface area contributed by atoms with Gasteiger partial charge in [-0.1, -0.05) is 42.8 Å². The van der Waals surface area contributed by atoms with Gasteiger partial charge in [0.15, 0.2) is 11.6 Å². The van der Waals surface area contributed by atoms with E-state index in [1.807, 2.05) is 6.92 Å². The molecule has 6 atom stereocenters. The molecule has 2 aromatic heterocycles. The Morgan fingerprint density at radius 3 is 2.82 bits per heavy atom. The number of nitrogens with one attached hydrogen (secondary N) is 1. The minimum absolute atomic E-state index is 0.0135. The summed E-state index contributed by atoms with van der Waals surface area (Å²) in [5.41, 5.74) is 4.02. The highest BCUT2D eigenvalue weighted by Gasteiger charge is 2.45. The fourth-order valence-corrected chi connectivity index (χ4v) is 10.00. The number of hydrogen-bond acceptors (Lipinski definition) is 8. The van der Waals surface area contributed by atoms with Gasteiger partial charge in [0.05, 0.1) is 30.2 Å². The van der Waals surface area contributed by atoms with Crippen molar-refractivity contribution in [3.63, 3.8) is 0 Å². The van der Waals surface area contributed by atoms with Crippen LogP contribution in [-0.4, -0.2) is 69.5 Å². The molecule has 1 saturated carbocycles. The summed E-state index contributed by atoms with van der Waals surface area (Å²) in [4.78, 5) is 34.3. The number of allylic oxidation sites excluding steroid dienone is 1. The third kappa shape index (κ3) is 6.77. The van der Waals surface area contributed by atoms with Crippen molar-refractivity contribution >= 4 is 27.5 Å². The third-order valence-corrected chi connectivity index (χ3v) is 12.7. The van der Waals surface area contributed by atoms with E-state index < -0.39 is 21.7 Å². The molecule has 7 rings (SSSR count). The summed E-state index contributed by atoms with van der Waals surface area (Å²) in [5, 5.41) is 4.05. The van der Waals surface area contributed by atoms with E-state index in [9.17, 15) is 13.8 Å². The van der Waals surface area contributed by atoms with Crippen molar-refractivity contribution < 1.29 is 23.3 Å². The van der Waals surface area contributed by atoms with E-state index in [4.69, 9.17) is 14.5 Å². The smallest absolute Gasteiger partial charge is 0.305 e. The lowest BCUT2D eigenvalue weighted by Gasteiger charge is -2.45. The molecule has 0 unspecified atom stereocenters. The summed E-state index contributed by atoms with van der Waals surface area (Å²) < 4.78 is 35.3. The Bertz CT molecular complexity index is 1910. The predicted octanol–water partition coefficient (Wildman–Crippen LogP) is 5.19. The molecule has 1 spiro atoms. The van der Waals surface area contributed by atoms with Gasteiger partial charge in [0, 0.05) is 38.9 Å². The number of pyridine rings is 1. The first-order chi connectivity index (χ1) is 23.5. The van der Waals surface area contributed by atoms with Gasteiger partial charge in [0.25, 0.3) is 5.91 Å². The molecule has 4 heterocycles. The van der Waals surface area contributed by atoms with E-state index >= 15 is 0 Å². The van der Waals surface area contributed by atoms with Crippen LogP contribution in [0.2, 0.25) is 0 Å². The van der Waals surface area contributed by atoms with Gasteiger partial charge in [-0.05, 0) is 86.5 Å². The second kappa shape index (κ2) is 13.4. The zero-order valence-electron chi connectivity index (χ0n) is 28.8. The monoisotopic (exact) mass is 686 g/mol. The standard InChI is InChI=1S/C37H46N6O5S/c1-24-10-13-30-26(17-24)8-6-16-37(30)22-43-20-27-11-12-29(27)32(47-4)9-5-7-25(2)21-49(46,40-35(44)28-18-38-42(3)19-28)41-36(45)31-14-15-33(48-23-37)34(43)39-31/h5,9-10,13-15,17-19,25,27,29,32H,6-8,11-12,16,20-23H2,1-4H3,(H,40,41,44,45,46)/b9-5+/t25-,27-,29+,32-,37-,49+/m0/s1. The number of aryl methyl sites for hydroxylation is 3. The fourth-order valence-electron chi connectivity index (χ4n) is 8.12.